The van der Waals surface area contributed by atoms with Crippen LogP contribution in [0.5, 0.6) is 0 Å². The fourth-order valence-electron chi connectivity index (χ4n) is 2.31. The average molecular weight is 299 g/mol. The summed E-state index contributed by atoms with van der Waals surface area (Å²) in [5, 5.41) is 3.00. The summed E-state index contributed by atoms with van der Waals surface area (Å²) >= 11 is 0. The Morgan fingerprint density at radius 1 is 1.50 bits per heavy atom. The van der Waals surface area contributed by atoms with Crippen molar-refractivity contribution in [2.45, 2.75) is 31.2 Å². The number of rotatable bonds is 4. The topological polar surface area (TPSA) is 71.5 Å². The molecule has 6 nitrogen and oxygen atoms in total. The van der Waals surface area contributed by atoms with Crippen LogP contribution in [0.2, 0.25) is 0 Å². The van der Waals surface area contributed by atoms with E-state index in [1.54, 1.807) is 18.3 Å². The van der Waals surface area contributed by atoms with Gasteiger partial charge in [-0.3, -0.25) is 0 Å². The molecule has 0 bridgehead atoms. The standard InChI is InChI=1S/C13H21N3O3S/c1-4-14-12-11(6-5-7-15-12)20(17,18)16-8-9-19-10-13(16,2)3/h5-7H,4,8-10H2,1-3H3,(H,14,15). The zero-order chi connectivity index (χ0) is 14.8. The molecule has 1 aliphatic rings. The van der Waals surface area contributed by atoms with Crippen molar-refractivity contribution in [3.8, 4) is 0 Å². The van der Waals surface area contributed by atoms with Crippen molar-refractivity contribution in [1.29, 1.82) is 0 Å². The van der Waals surface area contributed by atoms with Crippen LogP contribution in [0.25, 0.3) is 0 Å². The summed E-state index contributed by atoms with van der Waals surface area (Å²) in [5.74, 6) is 0.400. The van der Waals surface area contributed by atoms with E-state index in [2.05, 4.69) is 10.3 Å². The Labute approximate surface area is 120 Å². The summed E-state index contributed by atoms with van der Waals surface area (Å²) in [7, 11) is -3.59. The smallest absolute Gasteiger partial charge is 0.247 e. The van der Waals surface area contributed by atoms with Gasteiger partial charge in [0.1, 0.15) is 10.7 Å². The van der Waals surface area contributed by atoms with E-state index < -0.39 is 15.6 Å². The van der Waals surface area contributed by atoms with Crippen molar-refractivity contribution < 1.29 is 13.2 Å². The summed E-state index contributed by atoms with van der Waals surface area (Å²) in [6.07, 6.45) is 1.58. The third-order valence-corrected chi connectivity index (χ3v) is 5.39. The Morgan fingerprint density at radius 2 is 2.25 bits per heavy atom. The molecule has 2 rings (SSSR count). The van der Waals surface area contributed by atoms with Gasteiger partial charge in [0.2, 0.25) is 10.0 Å². The molecule has 0 atom stereocenters. The van der Waals surface area contributed by atoms with Crippen LogP contribution in [0.3, 0.4) is 0 Å². The lowest BCUT2D eigenvalue weighted by atomic mass is 10.1. The summed E-state index contributed by atoms with van der Waals surface area (Å²) in [5.41, 5.74) is -0.559. The quantitative estimate of drug-likeness (QED) is 0.907. The molecule has 20 heavy (non-hydrogen) atoms. The minimum atomic E-state index is -3.59. The molecule has 0 spiro atoms. The SMILES string of the molecule is CCNc1ncccc1S(=O)(=O)N1CCOCC1(C)C. The van der Waals surface area contributed by atoms with Gasteiger partial charge in [0, 0.05) is 19.3 Å². The van der Waals surface area contributed by atoms with Gasteiger partial charge in [0.05, 0.1) is 18.8 Å². The number of ether oxygens (including phenoxy) is 1. The lowest BCUT2D eigenvalue weighted by Gasteiger charge is -2.40. The molecule has 0 aliphatic carbocycles. The average Bonchev–Trinajstić information content (AvgIpc) is 2.38. The fourth-order valence-corrected chi connectivity index (χ4v) is 4.18. The summed E-state index contributed by atoms with van der Waals surface area (Å²) in [6, 6.07) is 3.23. The number of hydrogen-bond acceptors (Lipinski definition) is 5. The number of nitrogens with zero attached hydrogens (tertiary/aromatic N) is 2. The lowest BCUT2D eigenvalue weighted by molar-refractivity contribution is -0.00769. The van der Waals surface area contributed by atoms with E-state index in [9.17, 15) is 8.42 Å². The first kappa shape index (κ1) is 15.2. The van der Waals surface area contributed by atoms with Gasteiger partial charge in [0.25, 0.3) is 0 Å². The number of anilines is 1. The van der Waals surface area contributed by atoms with Crippen LogP contribution < -0.4 is 5.32 Å². The van der Waals surface area contributed by atoms with E-state index in [1.807, 2.05) is 20.8 Å². The van der Waals surface area contributed by atoms with E-state index in [0.29, 0.717) is 32.1 Å². The van der Waals surface area contributed by atoms with Gasteiger partial charge in [-0.25, -0.2) is 13.4 Å². The van der Waals surface area contributed by atoms with Crippen molar-refractivity contribution >= 4 is 15.8 Å². The van der Waals surface area contributed by atoms with E-state index in [1.165, 1.54) is 4.31 Å². The van der Waals surface area contributed by atoms with Gasteiger partial charge in [-0.15, -0.1) is 0 Å². The van der Waals surface area contributed by atoms with Crippen LogP contribution in [0.15, 0.2) is 23.2 Å². The number of pyridine rings is 1. The van der Waals surface area contributed by atoms with Gasteiger partial charge in [-0.1, -0.05) is 0 Å². The number of aromatic nitrogens is 1. The molecule has 0 saturated carbocycles. The van der Waals surface area contributed by atoms with Crippen molar-refractivity contribution in [2.24, 2.45) is 0 Å². The largest absolute Gasteiger partial charge is 0.378 e. The molecule has 1 aliphatic heterocycles. The minimum Gasteiger partial charge on any atom is -0.378 e. The molecule has 1 N–H and O–H groups in total. The van der Waals surface area contributed by atoms with E-state index in [0.717, 1.165) is 0 Å². The molecule has 1 aromatic rings. The molecule has 112 valence electrons. The molecular weight excluding hydrogens is 278 g/mol. The Balaban J connectivity index is 2.44. The van der Waals surface area contributed by atoms with Crippen LogP contribution in [0.1, 0.15) is 20.8 Å². The molecule has 0 aromatic carbocycles. The monoisotopic (exact) mass is 299 g/mol. The minimum absolute atomic E-state index is 0.219. The summed E-state index contributed by atoms with van der Waals surface area (Å²) in [6.45, 7) is 7.42. The highest BCUT2D eigenvalue weighted by Crippen LogP contribution is 2.30. The predicted octanol–water partition coefficient (Wildman–Crippen LogP) is 1.31. The maximum absolute atomic E-state index is 12.9. The second kappa shape index (κ2) is 5.67. The first-order valence-electron chi connectivity index (χ1n) is 6.69. The Kier molecular flexibility index (Phi) is 4.31. The van der Waals surface area contributed by atoms with Crippen LogP contribution in [0.4, 0.5) is 5.82 Å². The van der Waals surface area contributed by atoms with Crippen molar-refractivity contribution in [3.05, 3.63) is 18.3 Å². The molecule has 1 fully saturated rings. The number of nitrogens with one attached hydrogen (secondary N) is 1. The summed E-state index contributed by atoms with van der Waals surface area (Å²) < 4.78 is 32.7. The third-order valence-electron chi connectivity index (χ3n) is 3.25. The zero-order valence-electron chi connectivity index (χ0n) is 12.1. The Morgan fingerprint density at radius 3 is 2.90 bits per heavy atom. The zero-order valence-corrected chi connectivity index (χ0v) is 12.9. The van der Waals surface area contributed by atoms with Gasteiger partial charge in [-0.2, -0.15) is 4.31 Å². The van der Waals surface area contributed by atoms with Crippen LogP contribution in [0, 0.1) is 0 Å². The van der Waals surface area contributed by atoms with Gasteiger partial charge in [0.15, 0.2) is 0 Å². The second-order valence-electron chi connectivity index (χ2n) is 5.32. The van der Waals surface area contributed by atoms with Crippen molar-refractivity contribution in [2.75, 3.05) is 31.6 Å². The highest BCUT2D eigenvalue weighted by molar-refractivity contribution is 7.89. The highest BCUT2D eigenvalue weighted by Gasteiger charge is 2.40. The van der Waals surface area contributed by atoms with Gasteiger partial charge < -0.3 is 10.1 Å². The molecule has 1 aromatic heterocycles. The molecule has 0 unspecified atom stereocenters. The van der Waals surface area contributed by atoms with Gasteiger partial charge in [-0.05, 0) is 32.9 Å². The molecule has 1 saturated heterocycles. The van der Waals surface area contributed by atoms with E-state index >= 15 is 0 Å². The van der Waals surface area contributed by atoms with Crippen molar-refractivity contribution in [1.82, 2.24) is 9.29 Å². The maximum atomic E-state index is 12.9. The first-order valence-corrected chi connectivity index (χ1v) is 8.13. The molecule has 2 heterocycles. The summed E-state index contributed by atoms with van der Waals surface area (Å²) in [4.78, 5) is 4.35. The lowest BCUT2D eigenvalue weighted by Crippen LogP contribution is -2.55. The predicted molar refractivity (Wildman–Crippen MR) is 77.2 cm³/mol. The van der Waals surface area contributed by atoms with Gasteiger partial charge >= 0.3 is 0 Å². The maximum Gasteiger partial charge on any atom is 0.247 e. The number of sulfonamides is 1. The van der Waals surface area contributed by atoms with Crippen LogP contribution >= 0.6 is 0 Å². The molecule has 7 heteroatoms. The molecular formula is C13H21N3O3S. The highest BCUT2D eigenvalue weighted by atomic mass is 32.2. The van der Waals surface area contributed by atoms with E-state index in [4.69, 9.17) is 4.74 Å². The van der Waals surface area contributed by atoms with Crippen LogP contribution in [-0.2, 0) is 14.8 Å². The number of hydrogen-bond donors (Lipinski definition) is 1. The van der Waals surface area contributed by atoms with Crippen molar-refractivity contribution in [3.63, 3.8) is 0 Å². The molecule has 0 amide bonds. The number of morpholine rings is 1. The first-order chi connectivity index (χ1) is 9.39. The Hall–Kier alpha value is -1.18. The fraction of sp³-hybridized carbons (Fsp3) is 0.615. The van der Waals surface area contributed by atoms with Crippen LogP contribution in [-0.4, -0.2) is 49.5 Å². The van der Waals surface area contributed by atoms with E-state index in [-0.39, 0.29) is 4.90 Å². The Bertz CT molecular complexity index is 572. The molecule has 0 radical (unpaired) electrons. The normalized spacial score (nSPS) is 19.8. The third kappa shape index (κ3) is 2.79. The second-order valence-corrected chi connectivity index (χ2v) is 7.15.